The van der Waals surface area contributed by atoms with Crippen LogP contribution < -0.4 is 9.47 Å². The van der Waals surface area contributed by atoms with E-state index in [0.717, 1.165) is 11.1 Å². The lowest BCUT2D eigenvalue weighted by atomic mass is 10.1. The molecular weight excluding hydrogens is 397 g/mol. The van der Waals surface area contributed by atoms with Crippen LogP contribution in [0.25, 0.3) is 6.08 Å². The van der Waals surface area contributed by atoms with Gasteiger partial charge in [-0.15, -0.1) is 6.58 Å². The fraction of sp³-hybridized carbons (Fsp3) is 0.143. The van der Waals surface area contributed by atoms with E-state index < -0.39 is 0 Å². The predicted octanol–water partition coefficient (Wildman–Crippen LogP) is 4.80. The molecule has 1 aliphatic rings. The van der Waals surface area contributed by atoms with Gasteiger partial charge in [-0.3, -0.25) is 9.69 Å². The summed E-state index contributed by atoms with van der Waals surface area (Å²) in [5.74, 6) is 0.676. The van der Waals surface area contributed by atoms with Gasteiger partial charge in [-0.2, -0.15) is 0 Å². The zero-order valence-electron chi connectivity index (χ0n) is 15.2. The number of carbonyl (C=O) groups excluding carboxylic acids is 1. The molecule has 0 aromatic heterocycles. The number of benzene rings is 2. The highest BCUT2D eigenvalue weighted by molar-refractivity contribution is 8.26. The van der Waals surface area contributed by atoms with E-state index >= 15 is 0 Å². The molecule has 144 valence electrons. The van der Waals surface area contributed by atoms with Gasteiger partial charge in [-0.25, -0.2) is 4.39 Å². The maximum Gasteiger partial charge on any atom is 0.266 e. The molecule has 0 atom stereocenters. The van der Waals surface area contributed by atoms with Crippen molar-refractivity contribution in [3.05, 3.63) is 77.0 Å². The second-order valence-corrected chi connectivity index (χ2v) is 7.58. The van der Waals surface area contributed by atoms with E-state index in [9.17, 15) is 9.18 Å². The van der Waals surface area contributed by atoms with Crippen LogP contribution in [-0.2, 0) is 11.4 Å². The SMILES string of the molecule is C=CCN1C(=O)/C(=C\c2ccc(OCc3ccc(F)cc3)c(OC)c2)SC1=S. The van der Waals surface area contributed by atoms with E-state index in [2.05, 4.69) is 6.58 Å². The third kappa shape index (κ3) is 4.61. The van der Waals surface area contributed by atoms with Crippen LogP contribution in [0.3, 0.4) is 0 Å². The van der Waals surface area contributed by atoms with Gasteiger partial charge in [0.15, 0.2) is 11.5 Å². The summed E-state index contributed by atoms with van der Waals surface area (Å²) in [4.78, 5) is 14.5. The summed E-state index contributed by atoms with van der Waals surface area (Å²) >= 11 is 6.51. The van der Waals surface area contributed by atoms with Crippen molar-refractivity contribution in [2.24, 2.45) is 0 Å². The van der Waals surface area contributed by atoms with Crippen molar-refractivity contribution >= 4 is 40.3 Å². The van der Waals surface area contributed by atoms with Crippen LogP contribution >= 0.6 is 24.0 Å². The summed E-state index contributed by atoms with van der Waals surface area (Å²) in [6.45, 7) is 4.33. The van der Waals surface area contributed by atoms with E-state index in [1.54, 1.807) is 43.5 Å². The maximum absolute atomic E-state index is 13.0. The summed E-state index contributed by atoms with van der Waals surface area (Å²) < 4.78 is 24.7. The van der Waals surface area contributed by atoms with Crippen LogP contribution in [0.1, 0.15) is 11.1 Å². The van der Waals surface area contributed by atoms with Crippen LogP contribution in [0, 0.1) is 5.82 Å². The molecule has 3 rings (SSSR count). The molecular formula is C21H18FNO3S2. The van der Waals surface area contributed by atoms with Crippen LogP contribution in [0.15, 0.2) is 60.0 Å². The highest BCUT2D eigenvalue weighted by Crippen LogP contribution is 2.34. The van der Waals surface area contributed by atoms with Crippen LogP contribution in [-0.4, -0.2) is 28.8 Å². The first-order chi connectivity index (χ1) is 13.5. The van der Waals surface area contributed by atoms with E-state index in [-0.39, 0.29) is 18.3 Å². The Morgan fingerprint density at radius 2 is 1.96 bits per heavy atom. The van der Waals surface area contributed by atoms with Gasteiger partial charge in [-0.1, -0.05) is 48.3 Å². The first-order valence-corrected chi connectivity index (χ1v) is 9.66. The minimum atomic E-state index is -0.288. The molecule has 1 saturated heterocycles. The van der Waals surface area contributed by atoms with E-state index in [4.69, 9.17) is 21.7 Å². The summed E-state index contributed by atoms with van der Waals surface area (Å²) in [6.07, 6.45) is 3.42. The second kappa shape index (κ2) is 9.03. The lowest BCUT2D eigenvalue weighted by Crippen LogP contribution is -2.27. The first kappa shape index (κ1) is 20.1. The van der Waals surface area contributed by atoms with Crippen molar-refractivity contribution in [3.63, 3.8) is 0 Å². The highest BCUT2D eigenvalue weighted by atomic mass is 32.2. The fourth-order valence-corrected chi connectivity index (χ4v) is 3.85. The Morgan fingerprint density at radius 1 is 1.21 bits per heavy atom. The van der Waals surface area contributed by atoms with Gasteiger partial charge in [0.05, 0.1) is 12.0 Å². The number of nitrogens with zero attached hydrogens (tertiary/aromatic N) is 1. The van der Waals surface area contributed by atoms with Gasteiger partial charge >= 0.3 is 0 Å². The van der Waals surface area contributed by atoms with E-state index in [1.807, 2.05) is 6.07 Å². The van der Waals surface area contributed by atoms with Crippen LogP contribution in [0.5, 0.6) is 11.5 Å². The standard InChI is InChI=1S/C21H18FNO3S2/c1-3-10-23-20(24)19(28-21(23)27)12-15-6-9-17(18(11-15)25-2)26-13-14-4-7-16(22)8-5-14/h3-9,11-12H,1,10,13H2,2H3/b19-12+. The first-order valence-electron chi connectivity index (χ1n) is 8.43. The Morgan fingerprint density at radius 3 is 2.64 bits per heavy atom. The molecule has 1 aliphatic heterocycles. The molecule has 0 unspecified atom stereocenters. The van der Waals surface area contributed by atoms with Crippen molar-refractivity contribution in [1.82, 2.24) is 4.90 Å². The summed E-state index contributed by atoms with van der Waals surface area (Å²) in [7, 11) is 1.55. The molecule has 1 fully saturated rings. The molecule has 0 aliphatic carbocycles. The van der Waals surface area contributed by atoms with Crippen molar-refractivity contribution in [3.8, 4) is 11.5 Å². The number of thioether (sulfide) groups is 1. The largest absolute Gasteiger partial charge is 0.493 e. The minimum absolute atomic E-state index is 0.134. The molecule has 1 amide bonds. The molecule has 0 spiro atoms. The average Bonchev–Trinajstić information content (AvgIpc) is 2.96. The summed E-state index contributed by atoms with van der Waals surface area (Å²) in [5.41, 5.74) is 1.64. The average molecular weight is 416 g/mol. The molecule has 2 aromatic carbocycles. The number of thiocarbonyl (C=S) groups is 1. The van der Waals surface area contributed by atoms with Gasteiger partial charge in [0.1, 0.15) is 16.7 Å². The number of hydrogen-bond acceptors (Lipinski definition) is 5. The number of ether oxygens (including phenoxy) is 2. The lowest BCUT2D eigenvalue weighted by Gasteiger charge is -2.12. The maximum atomic E-state index is 13.0. The Kier molecular flexibility index (Phi) is 6.49. The van der Waals surface area contributed by atoms with E-state index in [1.165, 1.54) is 28.8 Å². The number of methoxy groups -OCH3 is 1. The van der Waals surface area contributed by atoms with Gasteiger partial charge in [0.2, 0.25) is 0 Å². The molecule has 0 radical (unpaired) electrons. The van der Waals surface area contributed by atoms with Gasteiger partial charge in [-0.05, 0) is 41.5 Å². The predicted molar refractivity (Wildman–Crippen MR) is 114 cm³/mol. The smallest absolute Gasteiger partial charge is 0.266 e. The summed E-state index contributed by atoms with van der Waals surface area (Å²) in [5, 5.41) is 0. The van der Waals surface area contributed by atoms with Crippen molar-refractivity contribution in [2.75, 3.05) is 13.7 Å². The summed E-state index contributed by atoms with van der Waals surface area (Å²) in [6, 6.07) is 11.5. The number of carbonyl (C=O) groups is 1. The zero-order chi connectivity index (χ0) is 20.1. The van der Waals surface area contributed by atoms with Crippen molar-refractivity contribution < 1.29 is 18.7 Å². The molecule has 2 aromatic rings. The van der Waals surface area contributed by atoms with Crippen molar-refractivity contribution in [1.29, 1.82) is 0 Å². The minimum Gasteiger partial charge on any atom is -0.493 e. The normalized spacial score (nSPS) is 15.2. The fourth-order valence-electron chi connectivity index (χ4n) is 2.57. The zero-order valence-corrected chi connectivity index (χ0v) is 16.8. The highest BCUT2D eigenvalue weighted by Gasteiger charge is 2.30. The Hall–Kier alpha value is -2.64. The van der Waals surface area contributed by atoms with Gasteiger partial charge < -0.3 is 9.47 Å². The Bertz CT molecular complexity index is 941. The molecule has 28 heavy (non-hydrogen) atoms. The third-order valence-electron chi connectivity index (χ3n) is 3.98. The molecule has 0 N–H and O–H groups in total. The second-order valence-electron chi connectivity index (χ2n) is 5.91. The van der Waals surface area contributed by atoms with Crippen LogP contribution in [0.4, 0.5) is 4.39 Å². The van der Waals surface area contributed by atoms with E-state index in [0.29, 0.717) is 27.3 Å². The molecule has 7 heteroatoms. The Balaban J connectivity index is 1.76. The number of rotatable bonds is 7. The van der Waals surface area contributed by atoms with Gasteiger partial charge in [0, 0.05) is 6.54 Å². The lowest BCUT2D eigenvalue weighted by molar-refractivity contribution is -0.121. The quantitative estimate of drug-likeness (QED) is 0.369. The Labute approximate surface area is 172 Å². The third-order valence-corrected chi connectivity index (χ3v) is 5.36. The number of halogens is 1. The van der Waals surface area contributed by atoms with Gasteiger partial charge in [0.25, 0.3) is 5.91 Å². The molecule has 4 nitrogen and oxygen atoms in total. The topological polar surface area (TPSA) is 38.8 Å². The number of amides is 1. The molecule has 1 heterocycles. The molecule has 0 bridgehead atoms. The number of hydrogen-bond donors (Lipinski definition) is 0. The van der Waals surface area contributed by atoms with Crippen LogP contribution in [0.2, 0.25) is 0 Å². The monoisotopic (exact) mass is 415 g/mol. The molecule has 0 saturated carbocycles. The van der Waals surface area contributed by atoms with Crippen molar-refractivity contribution in [2.45, 2.75) is 6.61 Å².